The van der Waals surface area contributed by atoms with Gasteiger partial charge in [-0.05, 0) is 54.4 Å². The Labute approximate surface area is 216 Å². The number of hydrogen-bond acceptors (Lipinski definition) is 5. The van der Waals surface area contributed by atoms with Crippen molar-refractivity contribution in [3.8, 4) is 5.75 Å². The molecule has 5 atom stereocenters. The second-order valence-corrected chi connectivity index (χ2v) is 10.5. The lowest BCUT2D eigenvalue weighted by Gasteiger charge is -2.23. The number of carbonyl (C=O) groups excluding carboxylic acids is 4. The van der Waals surface area contributed by atoms with Crippen LogP contribution in [0.25, 0.3) is 0 Å². The summed E-state index contributed by atoms with van der Waals surface area (Å²) in [5.41, 5.74) is 3.50. The van der Waals surface area contributed by atoms with Gasteiger partial charge in [-0.15, -0.1) is 0 Å². The number of benzene rings is 2. The van der Waals surface area contributed by atoms with Gasteiger partial charge in [0.15, 0.2) is 0 Å². The third-order valence-corrected chi connectivity index (χ3v) is 8.46. The van der Waals surface area contributed by atoms with Crippen molar-refractivity contribution in [2.75, 3.05) is 16.3 Å². The Balaban J connectivity index is 1.18. The van der Waals surface area contributed by atoms with Crippen molar-refractivity contribution >= 4 is 35.1 Å². The molecule has 2 bridgehead atoms. The average Bonchev–Trinajstić information content (AvgIpc) is 3.67. The van der Waals surface area contributed by atoms with Gasteiger partial charge in [-0.3, -0.25) is 19.2 Å². The Kier molecular flexibility index (Phi) is 5.74. The summed E-state index contributed by atoms with van der Waals surface area (Å²) in [6, 6.07) is 12.6. The van der Waals surface area contributed by atoms with Crippen LogP contribution in [0.3, 0.4) is 0 Å². The molecule has 3 fully saturated rings. The fourth-order valence-corrected chi connectivity index (χ4v) is 6.69. The number of fused-ring (bicyclic) bond motifs is 5. The van der Waals surface area contributed by atoms with E-state index in [4.69, 9.17) is 4.74 Å². The number of carbonyl (C=O) groups is 4. The molecule has 4 aliphatic rings. The average molecular weight is 499 g/mol. The minimum atomic E-state index is -0.595. The van der Waals surface area contributed by atoms with Gasteiger partial charge in [0.25, 0.3) is 0 Å². The molecule has 2 heterocycles. The summed E-state index contributed by atoms with van der Waals surface area (Å²) in [5, 5.41) is 0. The number of imide groups is 1. The molecule has 7 heteroatoms. The first-order valence-electron chi connectivity index (χ1n) is 13.2. The molecule has 2 aliphatic heterocycles. The maximum absolute atomic E-state index is 13.2. The lowest BCUT2D eigenvalue weighted by molar-refractivity contribution is -0.139. The van der Waals surface area contributed by atoms with Crippen LogP contribution in [-0.4, -0.2) is 30.2 Å². The molecule has 1 saturated carbocycles. The summed E-state index contributed by atoms with van der Waals surface area (Å²) in [7, 11) is 0. The highest BCUT2D eigenvalue weighted by molar-refractivity contribution is 6.22. The van der Waals surface area contributed by atoms with Crippen molar-refractivity contribution < 1.29 is 23.9 Å². The fourth-order valence-electron chi connectivity index (χ4n) is 6.69. The van der Waals surface area contributed by atoms with Gasteiger partial charge in [0, 0.05) is 24.7 Å². The number of ether oxygens (including phenoxy) is 1. The lowest BCUT2D eigenvalue weighted by Crippen LogP contribution is -2.32. The van der Waals surface area contributed by atoms with E-state index in [0.29, 0.717) is 5.69 Å². The number of para-hydroxylation sites is 1. The summed E-state index contributed by atoms with van der Waals surface area (Å²) in [6.45, 7) is 4.38. The van der Waals surface area contributed by atoms with Crippen molar-refractivity contribution in [2.45, 2.75) is 39.5 Å². The van der Waals surface area contributed by atoms with Gasteiger partial charge < -0.3 is 9.64 Å². The monoisotopic (exact) mass is 498 g/mol. The highest BCUT2D eigenvalue weighted by atomic mass is 16.5. The molecular weight excluding hydrogens is 468 g/mol. The zero-order chi connectivity index (χ0) is 25.8. The number of amides is 3. The van der Waals surface area contributed by atoms with Crippen LogP contribution in [0, 0.1) is 29.6 Å². The van der Waals surface area contributed by atoms with Crippen molar-refractivity contribution in [1.29, 1.82) is 0 Å². The molecule has 3 amide bonds. The van der Waals surface area contributed by atoms with E-state index in [1.165, 1.54) is 4.90 Å². The summed E-state index contributed by atoms with van der Waals surface area (Å²) in [6.07, 6.45) is 6.67. The molecule has 2 saturated heterocycles. The Morgan fingerprint density at radius 3 is 2.16 bits per heavy atom. The van der Waals surface area contributed by atoms with Gasteiger partial charge >= 0.3 is 5.97 Å². The maximum Gasteiger partial charge on any atom is 0.316 e. The molecular formula is C30H30N2O5. The molecule has 2 aliphatic carbocycles. The van der Waals surface area contributed by atoms with Crippen LogP contribution in [0.15, 0.2) is 54.6 Å². The predicted octanol–water partition coefficient (Wildman–Crippen LogP) is 4.08. The SMILES string of the molecule is CCc1cccc(CC)c1N1C[C@H](C(=O)Oc2cccc(N3C(=O)[C@H]4[C@H](C3=O)[C@H]3C=C[C@H]4C3)c2)CC1=O. The van der Waals surface area contributed by atoms with E-state index >= 15 is 0 Å². The Morgan fingerprint density at radius 1 is 0.919 bits per heavy atom. The molecule has 0 N–H and O–H groups in total. The number of aryl methyl sites for hydroxylation is 2. The molecule has 2 aromatic carbocycles. The Hall–Kier alpha value is -3.74. The Bertz CT molecular complexity index is 1290. The van der Waals surface area contributed by atoms with E-state index in [1.807, 2.05) is 18.2 Å². The minimum Gasteiger partial charge on any atom is -0.426 e. The second-order valence-electron chi connectivity index (χ2n) is 10.5. The van der Waals surface area contributed by atoms with Crippen LogP contribution in [0.2, 0.25) is 0 Å². The standard InChI is InChI=1S/C30H30N2O5/c1-3-17-7-5-8-18(4-2)27(17)31-16-21(14-24(31)33)30(36)37-23-10-6-9-22(15-23)32-28(34)25-19-11-12-20(13-19)26(25)29(32)35/h5-12,15,19-21,25-26H,3-4,13-14,16H2,1-2H3/t19-,20-,21+,25+,26+/m0/s1. The molecule has 0 spiro atoms. The molecule has 6 rings (SSSR count). The third kappa shape index (κ3) is 3.71. The highest BCUT2D eigenvalue weighted by Gasteiger charge is 2.59. The normalized spacial score (nSPS) is 27.9. The summed E-state index contributed by atoms with van der Waals surface area (Å²) in [4.78, 5) is 55.4. The second kappa shape index (κ2) is 8.98. The van der Waals surface area contributed by atoms with Crippen molar-refractivity contribution in [3.05, 3.63) is 65.7 Å². The predicted molar refractivity (Wildman–Crippen MR) is 138 cm³/mol. The summed E-state index contributed by atoms with van der Waals surface area (Å²) in [5.74, 6) is -1.57. The molecule has 37 heavy (non-hydrogen) atoms. The molecule has 0 radical (unpaired) electrons. The topological polar surface area (TPSA) is 84.0 Å². The first-order chi connectivity index (χ1) is 17.9. The third-order valence-electron chi connectivity index (χ3n) is 8.46. The quantitative estimate of drug-likeness (QED) is 0.259. The van der Waals surface area contributed by atoms with Crippen LogP contribution in [0.5, 0.6) is 5.75 Å². The largest absolute Gasteiger partial charge is 0.426 e. The van der Waals surface area contributed by atoms with Gasteiger partial charge in [-0.2, -0.15) is 0 Å². The van der Waals surface area contributed by atoms with Crippen molar-refractivity contribution in [2.24, 2.45) is 29.6 Å². The summed E-state index contributed by atoms with van der Waals surface area (Å²) >= 11 is 0. The first kappa shape index (κ1) is 23.6. The molecule has 0 unspecified atom stereocenters. The molecule has 2 aromatic rings. The number of rotatable bonds is 6. The van der Waals surface area contributed by atoms with Crippen LogP contribution in [0.1, 0.15) is 37.8 Å². The van der Waals surface area contributed by atoms with E-state index in [0.717, 1.165) is 36.1 Å². The number of hydrogen-bond donors (Lipinski definition) is 0. The zero-order valence-corrected chi connectivity index (χ0v) is 21.1. The van der Waals surface area contributed by atoms with E-state index in [1.54, 1.807) is 29.2 Å². The van der Waals surface area contributed by atoms with E-state index in [2.05, 4.69) is 26.0 Å². The minimum absolute atomic E-state index is 0.0853. The zero-order valence-electron chi connectivity index (χ0n) is 21.1. The van der Waals surface area contributed by atoms with Crippen LogP contribution >= 0.6 is 0 Å². The van der Waals surface area contributed by atoms with E-state index < -0.39 is 11.9 Å². The molecule has 0 aromatic heterocycles. The first-order valence-corrected chi connectivity index (χ1v) is 13.2. The molecule has 190 valence electrons. The number of anilines is 2. The highest BCUT2D eigenvalue weighted by Crippen LogP contribution is 2.53. The smallest absolute Gasteiger partial charge is 0.316 e. The van der Waals surface area contributed by atoms with Crippen LogP contribution < -0.4 is 14.5 Å². The molecule has 7 nitrogen and oxygen atoms in total. The van der Waals surface area contributed by atoms with Crippen LogP contribution in [0.4, 0.5) is 11.4 Å². The maximum atomic E-state index is 13.2. The van der Waals surface area contributed by atoms with Crippen molar-refractivity contribution in [1.82, 2.24) is 0 Å². The van der Waals surface area contributed by atoms with E-state index in [9.17, 15) is 19.2 Å². The van der Waals surface area contributed by atoms with Gasteiger partial charge in [0.05, 0.1) is 23.4 Å². The fraction of sp³-hybridized carbons (Fsp3) is 0.400. The van der Waals surface area contributed by atoms with Gasteiger partial charge in [-0.1, -0.05) is 50.3 Å². The lowest BCUT2D eigenvalue weighted by atomic mass is 9.85. The van der Waals surface area contributed by atoms with Crippen LogP contribution in [-0.2, 0) is 32.0 Å². The summed E-state index contributed by atoms with van der Waals surface area (Å²) < 4.78 is 5.68. The van der Waals surface area contributed by atoms with E-state index in [-0.39, 0.29) is 60.1 Å². The van der Waals surface area contributed by atoms with Gasteiger partial charge in [0.1, 0.15) is 5.75 Å². The number of allylic oxidation sites excluding steroid dienone is 2. The number of nitrogens with zero attached hydrogens (tertiary/aromatic N) is 2. The Morgan fingerprint density at radius 2 is 1.54 bits per heavy atom. The van der Waals surface area contributed by atoms with Crippen molar-refractivity contribution in [3.63, 3.8) is 0 Å². The van der Waals surface area contributed by atoms with Gasteiger partial charge in [-0.25, -0.2) is 4.90 Å². The van der Waals surface area contributed by atoms with Gasteiger partial charge in [0.2, 0.25) is 17.7 Å². The number of esters is 1.